The van der Waals surface area contributed by atoms with Crippen molar-refractivity contribution in [3.8, 4) is 0 Å². The van der Waals surface area contributed by atoms with Crippen LogP contribution in [-0.4, -0.2) is 6.08 Å². The number of alkyl halides is 2. The van der Waals surface area contributed by atoms with Gasteiger partial charge in [-0.25, -0.2) is 4.79 Å². The SMILES string of the molecule is Cc1ccc(C(F)(F)N=C=O)cc1Cl. The van der Waals surface area contributed by atoms with E-state index >= 15 is 0 Å². The lowest BCUT2D eigenvalue weighted by molar-refractivity contribution is 0.00617. The van der Waals surface area contributed by atoms with Crippen molar-refractivity contribution in [2.75, 3.05) is 0 Å². The van der Waals surface area contributed by atoms with Crippen molar-refractivity contribution in [3.05, 3.63) is 34.3 Å². The van der Waals surface area contributed by atoms with E-state index in [9.17, 15) is 13.6 Å². The van der Waals surface area contributed by atoms with Crippen LogP contribution in [0.5, 0.6) is 0 Å². The molecule has 1 rings (SSSR count). The molecule has 2 nitrogen and oxygen atoms in total. The molecule has 0 N–H and O–H groups in total. The number of isocyanates is 1. The molecule has 0 aliphatic rings. The number of aliphatic imine (C=N–C) groups is 1. The zero-order valence-corrected chi connectivity index (χ0v) is 7.98. The van der Waals surface area contributed by atoms with Crippen LogP contribution in [0.3, 0.4) is 0 Å². The Morgan fingerprint density at radius 2 is 2.14 bits per heavy atom. The van der Waals surface area contributed by atoms with Gasteiger partial charge in [-0.1, -0.05) is 23.7 Å². The third kappa shape index (κ3) is 2.16. The maximum atomic E-state index is 13.0. The lowest BCUT2D eigenvalue weighted by Crippen LogP contribution is -2.09. The molecule has 0 spiro atoms. The van der Waals surface area contributed by atoms with Crippen LogP contribution in [0.2, 0.25) is 5.02 Å². The molecule has 14 heavy (non-hydrogen) atoms. The fourth-order valence-corrected chi connectivity index (χ4v) is 1.08. The number of aryl methyl sites for hydroxylation is 1. The second kappa shape index (κ2) is 3.86. The summed E-state index contributed by atoms with van der Waals surface area (Å²) in [5, 5.41) is 0.211. The van der Waals surface area contributed by atoms with Crippen molar-refractivity contribution in [2.45, 2.75) is 13.0 Å². The largest absolute Gasteiger partial charge is 0.379 e. The third-order valence-corrected chi connectivity index (χ3v) is 2.11. The predicted octanol–water partition coefficient (Wildman–Crippen LogP) is 3.03. The van der Waals surface area contributed by atoms with Gasteiger partial charge in [0.25, 0.3) is 0 Å². The number of benzene rings is 1. The molecule has 0 bridgehead atoms. The summed E-state index contributed by atoms with van der Waals surface area (Å²) >= 11 is 5.65. The lowest BCUT2D eigenvalue weighted by Gasteiger charge is -2.09. The molecule has 1 aromatic carbocycles. The summed E-state index contributed by atoms with van der Waals surface area (Å²) in [7, 11) is 0. The van der Waals surface area contributed by atoms with E-state index in [1.807, 2.05) is 0 Å². The Kier molecular flexibility index (Phi) is 2.99. The normalized spacial score (nSPS) is 10.9. The molecule has 0 heterocycles. The molecule has 5 heteroatoms. The van der Waals surface area contributed by atoms with E-state index in [2.05, 4.69) is 4.99 Å². The van der Waals surface area contributed by atoms with E-state index in [1.165, 1.54) is 12.1 Å². The van der Waals surface area contributed by atoms with Gasteiger partial charge in [-0.2, -0.15) is 8.78 Å². The summed E-state index contributed by atoms with van der Waals surface area (Å²) in [6.07, 6.45) is 0.822. The Hall–Kier alpha value is -1.25. The summed E-state index contributed by atoms with van der Waals surface area (Å²) in [5.41, 5.74) is 0.262. The average molecular weight is 218 g/mol. The number of halogens is 3. The van der Waals surface area contributed by atoms with Gasteiger partial charge >= 0.3 is 6.05 Å². The molecule has 0 saturated heterocycles. The first kappa shape index (κ1) is 10.8. The van der Waals surface area contributed by atoms with Crippen LogP contribution in [0.4, 0.5) is 8.78 Å². The first-order valence-corrected chi connectivity index (χ1v) is 4.08. The maximum absolute atomic E-state index is 13.0. The fraction of sp³-hybridized carbons (Fsp3) is 0.222. The highest BCUT2D eigenvalue weighted by atomic mass is 35.5. The molecule has 0 aliphatic heterocycles. The van der Waals surface area contributed by atoms with Crippen molar-refractivity contribution in [1.82, 2.24) is 0 Å². The topological polar surface area (TPSA) is 29.4 Å². The first-order chi connectivity index (χ1) is 6.47. The molecule has 0 fully saturated rings. The molecule has 0 saturated carbocycles. The smallest absolute Gasteiger partial charge is 0.211 e. The van der Waals surface area contributed by atoms with Crippen molar-refractivity contribution in [1.29, 1.82) is 0 Å². The number of rotatable bonds is 2. The number of carbonyl (C=O) groups excluding carboxylic acids is 1. The molecule has 0 radical (unpaired) electrons. The quantitative estimate of drug-likeness (QED) is 0.425. The summed E-state index contributed by atoms with van der Waals surface area (Å²) in [4.78, 5) is 12.1. The minimum absolute atomic E-state index is 0.211. The van der Waals surface area contributed by atoms with Gasteiger partial charge in [-0.3, -0.25) is 0 Å². The average Bonchev–Trinajstić information content (AvgIpc) is 2.09. The van der Waals surface area contributed by atoms with Crippen LogP contribution in [-0.2, 0) is 10.8 Å². The van der Waals surface area contributed by atoms with Crippen LogP contribution in [0.25, 0.3) is 0 Å². The maximum Gasteiger partial charge on any atom is 0.379 e. The molecule has 0 amide bonds. The summed E-state index contributed by atoms with van der Waals surface area (Å²) in [6, 6.07) is 0.130. The Balaban J connectivity index is 3.20. The van der Waals surface area contributed by atoms with E-state index in [1.54, 1.807) is 6.92 Å². The minimum Gasteiger partial charge on any atom is -0.211 e. The van der Waals surface area contributed by atoms with Crippen molar-refractivity contribution in [3.63, 3.8) is 0 Å². The van der Waals surface area contributed by atoms with E-state index in [-0.39, 0.29) is 5.02 Å². The monoisotopic (exact) mass is 217 g/mol. The summed E-state index contributed by atoms with van der Waals surface area (Å²) in [6.45, 7) is 1.69. The molecular weight excluding hydrogens is 212 g/mol. The van der Waals surface area contributed by atoms with Crippen LogP contribution < -0.4 is 0 Å². The van der Waals surface area contributed by atoms with Gasteiger partial charge in [-0.15, -0.1) is 4.99 Å². The van der Waals surface area contributed by atoms with Gasteiger partial charge in [0.2, 0.25) is 6.08 Å². The Morgan fingerprint density at radius 3 is 2.64 bits per heavy atom. The van der Waals surface area contributed by atoms with E-state index < -0.39 is 11.6 Å². The van der Waals surface area contributed by atoms with Gasteiger partial charge in [0, 0.05) is 10.6 Å². The number of hydrogen-bond donors (Lipinski definition) is 0. The predicted molar refractivity (Wildman–Crippen MR) is 48.2 cm³/mol. The second-order valence-electron chi connectivity index (χ2n) is 2.71. The van der Waals surface area contributed by atoms with Crippen LogP contribution in [0.15, 0.2) is 23.2 Å². The Bertz CT molecular complexity index is 400. The molecule has 0 atom stereocenters. The second-order valence-corrected chi connectivity index (χ2v) is 3.12. The highest BCUT2D eigenvalue weighted by Gasteiger charge is 2.31. The molecule has 1 aromatic rings. The van der Waals surface area contributed by atoms with Crippen LogP contribution >= 0.6 is 11.6 Å². The van der Waals surface area contributed by atoms with E-state index in [4.69, 9.17) is 11.6 Å². The van der Waals surface area contributed by atoms with Crippen LogP contribution in [0, 0.1) is 6.92 Å². The molecular formula is C9H6ClF2NO. The van der Waals surface area contributed by atoms with Gasteiger partial charge in [-0.05, 0) is 18.6 Å². The first-order valence-electron chi connectivity index (χ1n) is 3.71. The summed E-state index contributed by atoms with van der Waals surface area (Å²) < 4.78 is 26.0. The van der Waals surface area contributed by atoms with Gasteiger partial charge < -0.3 is 0 Å². The third-order valence-electron chi connectivity index (χ3n) is 1.71. The van der Waals surface area contributed by atoms with Crippen molar-refractivity contribution < 1.29 is 13.6 Å². The van der Waals surface area contributed by atoms with Gasteiger partial charge in [0.1, 0.15) is 0 Å². The van der Waals surface area contributed by atoms with E-state index in [0.29, 0.717) is 5.56 Å². The molecule has 74 valence electrons. The molecule has 0 aromatic heterocycles. The van der Waals surface area contributed by atoms with Crippen molar-refractivity contribution >= 4 is 17.7 Å². The molecule has 0 unspecified atom stereocenters. The highest BCUT2D eigenvalue weighted by molar-refractivity contribution is 6.31. The van der Waals surface area contributed by atoms with Gasteiger partial charge in [0.15, 0.2) is 0 Å². The van der Waals surface area contributed by atoms with E-state index in [0.717, 1.165) is 12.1 Å². The zero-order chi connectivity index (χ0) is 10.8. The number of nitrogens with zero attached hydrogens (tertiary/aromatic N) is 1. The Morgan fingerprint density at radius 1 is 1.50 bits per heavy atom. The summed E-state index contributed by atoms with van der Waals surface area (Å²) in [5.74, 6) is 0. The lowest BCUT2D eigenvalue weighted by atomic mass is 10.1. The Labute approximate surface area is 84.2 Å². The highest BCUT2D eigenvalue weighted by Crippen LogP contribution is 2.31. The van der Waals surface area contributed by atoms with Crippen molar-refractivity contribution in [2.24, 2.45) is 4.99 Å². The van der Waals surface area contributed by atoms with Crippen LogP contribution in [0.1, 0.15) is 11.1 Å². The zero-order valence-electron chi connectivity index (χ0n) is 7.22. The number of hydrogen-bond acceptors (Lipinski definition) is 2. The van der Waals surface area contributed by atoms with Gasteiger partial charge in [0.05, 0.1) is 0 Å². The fourth-order valence-electron chi connectivity index (χ4n) is 0.902. The molecule has 0 aliphatic carbocycles. The standard InChI is InChI=1S/C9H6ClF2NO/c1-6-2-3-7(4-8(6)10)9(11,12)13-5-14/h2-4H,1H3. The minimum atomic E-state index is -3.56.